The van der Waals surface area contributed by atoms with Gasteiger partial charge in [0.2, 0.25) is 0 Å². The lowest BCUT2D eigenvalue weighted by Gasteiger charge is -2.44. The zero-order valence-electron chi connectivity index (χ0n) is 14.7. The molecule has 0 radical (unpaired) electrons. The third-order valence-electron chi connectivity index (χ3n) is 5.70. The summed E-state index contributed by atoms with van der Waals surface area (Å²) in [5.74, 6) is 0. The van der Waals surface area contributed by atoms with Crippen molar-refractivity contribution < 1.29 is 4.79 Å². The number of anilines is 1. The van der Waals surface area contributed by atoms with Gasteiger partial charge in [0, 0.05) is 13.1 Å². The minimum atomic E-state index is -0.174. The fourth-order valence-electron chi connectivity index (χ4n) is 4.08. The summed E-state index contributed by atoms with van der Waals surface area (Å²) in [5.41, 5.74) is 2.08. The van der Waals surface area contributed by atoms with Gasteiger partial charge in [-0.3, -0.25) is 0 Å². The van der Waals surface area contributed by atoms with Crippen LogP contribution in [0.3, 0.4) is 0 Å². The van der Waals surface area contributed by atoms with Crippen molar-refractivity contribution in [2.24, 2.45) is 5.41 Å². The van der Waals surface area contributed by atoms with Crippen LogP contribution in [0.5, 0.6) is 0 Å². The Labute approximate surface area is 144 Å². The van der Waals surface area contributed by atoms with Crippen molar-refractivity contribution in [1.82, 2.24) is 20.4 Å². The lowest BCUT2D eigenvalue weighted by Crippen LogP contribution is -2.44. The van der Waals surface area contributed by atoms with Crippen LogP contribution in [0.25, 0.3) is 0 Å². The molecule has 132 valence electrons. The number of aromatic nitrogens is 2. The summed E-state index contributed by atoms with van der Waals surface area (Å²) in [7, 11) is 0. The van der Waals surface area contributed by atoms with Gasteiger partial charge in [0.15, 0.2) is 0 Å². The van der Waals surface area contributed by atoms with Crippen molar-refractivity contribution >= 4 is 11.7 Å². The number of likely N-dealkylation sites (tertiary alicyclic amines) is 1. The topological polar surface area (TPSA) is 70.1 Å². The van der Waals surface area contributed by atoms with E-state index in [1.165, 1.54) is 58.0 Å². The van der Waals surface area contributed by atoms with Crippen LogP contribution < -0.4 is 10.6 Å². The summed E-state index contributed by atoms with van der Waals surface area (Å²) in [5, 5.41) is 13.5. The largest absolute Gasteiger partial charge is 0.337 e. The van der Waals surface area contributed by atoms with E-state index in [9.17, 15) is 4.79 Å². The number of hydrogen-bond donors (Lipinski definition) is 2. The molecule has 2 amide bonds. The highest BCUT2D eigenvalue weighted by Crippen LogP contribution is 2.44. The Morgan fingerprint density at radius 3 is 2.67 bits per heavy atom. The van der Waals surface area contributed by atoms with Gasteiger partial charge in [-0.1, -0.05) is 19.3 Å². The van der Waals surface area contributed by atoms with E-state index in [2.05, 4.69) is 25.7 Å². The highest BCUT2D eigenvalue weighted by atomic mass is 16.2. The van der Waals surface area contributed by atoms with Crippen LogP contribution in [0.15, 0.2) is 12.3 Å². The van der Waals surface area contributed by atoms with Gasteiger partial charge in [-0.15, -0.1) is 0 Å². The Hall–Kier alpha value is -1.69. The van der Waals surface area contributed by atoms with Crippen molar-refractivity contribution in [2.45, 2.75) is 51.9 Å². The van der Waals surface area contributed by atoms with Crippen LogP contribution in [-0.4, -0.2) is 47.3 Å². The molecule has 2 aliphatic rings. The molecule has 3 rings (SSSR count). The monoisotopic (exact) mass is 331 g/mol. The minimum Gasteiger partial charge on any atom is -0.337 e. The minimum absolute atomic E-state index is 0.174. The molecule has 1 spiro atoms. The number of nitrogens with zero attached hydrogens (tertiary/aromatic N) is 3. The van der Waals surface area contributed by atoms with Crippen LogP contribution in [0, 0.1) is 12.3 Å². The highest BCUT2D eigenvalue weighted by molar-refractivity contribution is 5.89. The van der Waals surface area contributed by atoms with Crippen molar-refractivity contribution in [3.8, 4) is 0 Å². The van der Waals surface area contributed by atoms with Crippen molar-refractivity contribution in [3.63, 3.8) is 0 Å². The van der Waals surface area contributed by atoms with Gasteiger partial charge in [-0.25, -0.2) is 4.79 Å². The molecule has 24 heavy (non-hydrogen) atoms. The van der Waals surface area contributed by atoms with Crippen LogP contribution in [0.2, 0.25) is 0 Å². The number of carbonyl (C=O) groups excluding carboxylic acids is 1. The zero-order valence-corrected chi connectivity index (χ0v) is 14.7. The molecule has 0 atom stereocenters. The average Bonchev–Trinajstić information content (AvgIpc) is 2.60. The van der Waals surface area contributed by atoms with Gasteiger partial charge < -0.3 is 15.5 Å². The molecule has 1 aliphatic carbocycles. The van der Waals surface area contributed by atoms with Crippen molar-refractivity contribution in [2.75, 3.05) is 31.5 Å². The Morgan fingerprint density at radius 2 is 1.96 bits per heavy atom. The maximum Gasteiger partial charge on any atom is 0.319 e. The first kappa shape index (κ1) is 17.1. The van der Waals surface area contributed by atoms with Gasteiger partial charge >= 0.3 is 6.03 Å². The molecule has 1 saturated carbocycles. The molecule has 0 bridgehead atoms. The molecule has 1 aliphatic heterocycles. The quantitative estimate of drug-likeness (QED) is 0.890. The smallest absolute Gasteiger partial charge is 0.319 e. The second-order valence-corrected chi connectivity index (χ2v) is 7.31. The number of carbonyl (C=O) groups is 1. The Bertz CT molecular complexity index is 546. The highest BCUT2D eigenvalue weighted by Gasteiger charge is 2.35. The number of aryl methyl sites for hydroxylation is 1. The van der Waals surface area contributed by atoms with E-state index in [1.807, 2.05) is 6.92 Å². The first-order chi connectivity index (χ1) is 11.7. The van der Waals surface area contributed by atoms with Crippen molar-refractivity contribution in [1.29, 1.82) is 0 Å². The first-order valence-corrected chi connectivity index (χ1v) is 9.22. The molecule has 2 fully saturated rings. The third-order valence-corrected chi connectivity index (χ3v) is 5.70. The van der Waals surface area contributed by atoms with Crippen molar-refractivity contribution in [3.05, 3.63) is 18.0 Å². The lowest BCUT2D eigenvalue weighted by molar-refractivity contribution is 0.0687. The average molecular weight is 331 g/mol. The molecule has 2 N–H and O–H groups in total. The summed E-state index contributed by atoms with van der Waals surface area (Å²) in [4.78, 5) is 14.4. The predicted molar refractivity (Wildman–Crippen MR) is 95.0 cm³/mol. The van der Waals surface area contributed by atoms with Gasteiger partial charge in [0.05, 0.1) is 17.6 Å². The molecule has 1 aromatic rings. The summed E-state index contributed by atoms with van der Waals surface area (Å²) in [6, 6.07) is 1.59. The summed E-state index contributed by atoms with van der Waals surface area (Å²) in [6.07, 6.45) is 11.4. The van der Waals surface area contributed by atoms with E-state index in [4.69, 9.17) is 0 Å². The molecule has 6 nitrogen and oxygen atoms in total. The van der Waals surface area contributed by atoms with Gasteiger partial charge in [0.25, 0.3) is 0 Å². The normalized spacial score (nSPS) is 20.7. The number of urea groups is 1. The predicted octanol–water partition coefficient (Wildman–Crippen LogP) is 2.95. The lowest BCUT2D eigenvalue weighted by atomic mass is 9.68. The fraction of sp³-hybridized carbons (Fsp3) is 0.722. The SMILES string of the molecule is Cc1nnccc1NC(=O)NCCN1CCC2(CCCCC2)CC1. The number of nitrogens with one attached hydrogen (secondary N) is 2. The van der Waals surface area contributed by atoms with E-state index in [0.717, 1.165) is 12.2 Å². The van der Waals surface area contributed by atoms with E-state index >= 15 is 0 Å². The Kier molecular flexibility index (Phi) is 5.66. The fourth-order valence-corrected chi connectivity index (χ4v) is 4.08. The molecule has 0 aromatic carbocycles. The maximum absolute atomic E-state index is 12.0. The van der Waals surface area contributed by atoms with Crippen LogP contribution >= 0.6 is 0 Å². The van der Waals surface area contributed by atoms with Crippen LogP contribution in [0.4, 0.5) is 10.5 Å². The summed E-state index contributed by atoms with van der Waals surface area (Å²) >= 11 is 0. The molecule has 6 heteroatoms. The van der Waals surface area contributed by atoms with E-state index < -0.39 is 0 Å². The standard InChI is InChI=1S/C18H29N5O/c1-15-16(5-10-20-22-15)21-17(24)19-11-14-23-12-8-18(9-13-23)6-3-2-4-7-18/h5,10H,2-4,6-9,11-14H2,1H3,(H2,19,20,21,24). The second kappa shape index (κ2) is 7.92. The number of hydrogen-bond acceptors (Lipinski definition) is 4. The molecular weight excluding hydrogens is 302 g/mol. The van der Waals surface area contributed by atoms with Crippen LogP contribution in [-0.2, 0) is 0 Å². The first-order valence-electron chi connectivity index (χ1n) is 9.22. The molecule has 2 heterocycles. The second-order valence-electron chi connectivity index (χ2n) is 7.31. The maximum atomic E-state index is 12.0. The van der Waals surface area contributed by atoms with E-state index in [0.29, 0.717) is 17.6 Å². The van der Waals surface area contributed by atoms with E-state index in [-0.39, 0.29) is 6.03 Å². The zero-order chi connectivity index (χ0) is 16.8. The Balaban J connectivity index is 1.35. The molecule has 1 aromatic heterocycles. The molecule has 1 saturated heterocycles. The van der Waals surface area contributed by atoms with E-state index in [1.54, 1.807) is 12.3 Å². The molecular formula is C18H29N5O. The van der Waals surface area contributed by atoms with Gasteiger partial charge in [-0.2, -0.15) is 10.2 Å². The number of piperidine rings is 1. The Morgan fingerprint density at radius 1 is 1.21 bits per heavy atom. The summed E-state index contributed by atoms with van der Waals surface area (Å²) < 4.78 is 0. The third kappa shape index (κ3) is 4.44. The van der Waals surface area contributed by atoms with Gasteiger partial charge in [0.1, 0.15) is 0 Å². The van der Waals surface area contributed by atoms with Gasteiger partial charge in [-0.05, 0) is 57.2 Å². The number of rotatable bonds is 4. The summed E-state index contributed by atoms with van der Waals surface area (Å²) in [6.45, 7) is 5.79. The number of amides is 2. The van der Waals surface area contributed by atoms with Crippen LogP contribution in [0.1, 0.15) is 50.6 Å². The molecule has 0 unspecified atom stereocenters.